The highest BCUT2D eigenvalue weighted by Crippen LogP contribution is 2.28. The molecule has 0 bridgehead atoms. The van der Waals surface area contributed by atoms with Crippen LogP contribution in [0.5, 0.6) is 0 Å². The number of hydrogen-bond donors (Lipinski definition) is 0. The van der Waals surface area contributed by atoms with Crippen LogP contribution in [0.1, 0.15) is 31.9 Å². The highest BCUT2D eigenvalue weighted by atomic mass is 32.2. The van der Waals surface area contributed by atoms with Gasteiger partial charge in [0, 0.05) is 26.6 Å². The van der Waals surface area contributed by atoms with Gasteiger partial charge < -0.3 is 4.90 Å². The molecule has 1 fully saturated rings. The number of rotatable bonds is 4. The van der Waals surface area contributed by atoms with E-state index in [1.165, 1.54) is 6.92 Å². The van der Waals surface area contributed by atoms with Crippen LogP contribution in [0.2, 0.25) is 0 Å². The Labute approximate surface area is 126 Å². The van der Waals surface area contributed by atoms with Gasteiger partial charge in [-0.05, 0) is 12.0 Å². The van der Waals surface area contributed by atoms with Crippen molar-refractivity contribution in [1.82, 2.24) is 9.21 Å². The van der Waals surface area contributed by atoms with Gasteiger partial charge in [-0.3, -0.25) is 4.79 Å². The number of carbonyl (C=O) groups excluding carboxylic acids is 1. The minimum atomic E-state index is -3.28. The second kappa shape index (κ2) is 6.58. The summed E-state index contributed by atoms with van der Waals surface area (Å²) in [5.74, 6) is 0.139. The van der Waals surface area contributed by atoms with Gasteiger partial charge in [-0.1, -0.05) is 37.3 Å². The molecule has 1 aliphatic heterocycles. The normalized spacial score (nSPS) is 20.5. The third-order valence-corrected chi connectivity index (χ3v) is 5.86. The van der Waals surface area contributed by atoms with E-state index >= 15 is 0 Å². The topological polar surface area (TPSA) is 57.7 Å². The summed E-state index contributed by atoms with van der Waals surface area (Å²) in [7, 11) is -3.28. The summed E-state index contributed by atoms with van der Waals surface area (Å²) in [6.07, 6.45) is 0.594. The van der Waals surface area contributed by atoms with E-state index in [1.54, 1.807) is 9.21 Å². The molecular formula is C15H22N2O3S. The first kappa shape index (κ1) is 16.0. The molecule has 0 saturated carbocycles. The van der Waals surface area contributed by atoms with Crippen molar-refractivity contribution in [3.8, 4) is 0 Å². The number of benzene rings is 1. The summed E-state index contributed by atoms with van der Waals surface area (Å²) in [5, 5.41) is 0. The lowest BCUT2D eigenvalue weighted by atomic mass is 10.0. The van der Waals surface area contributed by atoms with Crippen molar-refractivity contribution in [2.75, 3.05) is 25.4 Å². The Bertz CT molecular complexity index is 586. The standard InChI is InChI=1S/C15H22N2O3S/c1-3-11-21(19,20)17-10-9-16(13(2)18)12-15(17)14-7-5-4-6-8-14/h4-8,15H,3,9-12H2,1-2H3. The lowest BCUT2D eigenvalue weighted by Crippen LogP contribution is -2.52. The molecule has 5 nitrogen and oxygen atoms in total. The fourth-order valence-electron chi connectivity index (χ4n) is 2.71. The molecule has 0 radical (unpaired) electrons. The zero-order chi connectivity index (χ0) is 15.5. The maximum atomic E-state index is 12.5. The first-order chi connectivity index (χ1) is 9.95. The summed E-state index contributed by atoms with van der Waals surface area (Å²) in [6, 6.07) is 9.24. The summed E-state index contributed by atoms with van der Waals surface area (Å²) in [4.78, 5) is 13.3. The van der Waals surface area contributed by atoms with E-state index in [-0.39, 0.29) is 17.7 Å². The monoisotopic (exact) mass is 310 g/mol. The summed E-state index contributed by atoms with van der Waals surface area (Å²) in [5.41, 5.74) is 0.933. The second-order valence-corrected chi connectivity index (χ2v) is 7.36. The molecule has 1 unspecified atom stereocenters. The molecule has 0 spiro atoms. The molecule has 0 aromatic heterocycles. The molecule has 1 aromatic carbocycles. The Morgan fingerprint density at radius 3 is 2.48 bits per heavy atom. The molecule has 0 aliphatic carbocycles. The van der Waals surface area contributed by atoms with E-state index in [4.69, 9.17) is 0 Å². The van der Waals surface area contributed by atoms with E-state index in [0.717, 1.165) is 5.56 Å². The smallest absolute Gasteiger partial charge is 0.219 e. The van der Waals surface area contributed by atoms with Gasteiger partial charge in [0.1, 0.15) is 0 Å². The Hall–Kier alpha value is -1.40. The fourth-order valence-corrected chi connectivity index (χ4v) is 4.39. The molecule has 1 aromatic rings. The first-order valence-electron chi connectivity index (χ1n) is 7.25. The lowest BCUT2D eigenvalue weighted by molar-refractivity contribution is -0.131. The van der Waals surface area contributed by atoms with Crippen LogP contribution < -0.4 is 0 Å². The summed E-state index contributed by atoms with van der Waals surface area (Å²) in [6.45, 7) is 4.63. The van der Waals surface area contributed by atoms with Crippen molar-refractivity contribution in [1.29, 1.82) is 0 Å². The van der Waals surface area contributed by atoms with Gasteiger partial charge in [0.05, 0.1) is 11.8 Å². The van der Waals surface area contributed by atoms with Gasteiger partial charge in [-0.15, -0.1) is 0 Å². The van der Waals surface area contributed by atoms with E-state index in [1.807, 2.05) is 37.3 Å². The Morgan fingerprint density at radius 2 is 1.90 bits per heavy atom. The molecule has 6 heteroatoms. The van der Waals surface area contributed by atoms with Crippen molar-refractivity contribution >= 4 is 15.9 Å². The van der Waals surface area contributed by atoms with Crippen molar-refractivity contribution in [2.24, 2.45) is 0 Å². The van der Waals surface area contributed by atoms with Crippen LogP contribution in [0.4, 0.5) is 0 Å². The summed E-state index contributed by atoms with van der Waals surface area (Å²) >= 11 is 0. The molecule has 1 aliphatic rings. The van der Waals surface area contributed by atoms with E-state index in [9.17, 15) is 13.2 Å². The second-order valence-electron chi connectivity index (χ2n) is 5.32. The van der Waals surface area contributed by atoms with Crippen molar-refractivity contribution in [2.45, 2.75) is 26.3 Å². The fraction of sp³-hybridized carbons (Fsp3) is 0.533. The number of sulfonamides is 1. The van der Waals surface area contributed by atoms with Gasteiger partial charge >= 0.3 is 0 Å². The van der Waals surface area contributed by atoms with Gasteiger partial charge in [0.25, 0.3) is 0 Å². The Kier molecular flexibility index (Phi) is 5.00. The van der Waals surface area contributed by atoms with Gasteiger partial charge in [0.15, 0.2) is 0 Å². The Morgan fingerprint density at radius 1 is 1.24 bits per heavy atom. The molecule has 116 valence electrons. The van der Waals surface area contributed by atoms with E-state index in [2.05, 4.69) is 0 Å². The molecule has 2 rings (SSSR count). The van der Waals surface area contributed by atoms with Gasteiger partial charge in [-0.25, -0.2) is 8.42 Å². The SMILES string of the molecule is CCCS(=O)(=O)N1CCN(C(C)=O)CC1c1ccccc1. The van der Waals surface area contributed by atoms with Crippen LogP contribution >= 0.6 is 0 Å². The number of hydrogen-bond acceptors (Lipinski definition) is 3. The predicted octanol–water partition coefficient (Wildman–Crippen LogP) is 1.63. The largest absolute Gasteiger partial charge is 0.340 e. The average molecular weight is 310 g/mol. The lowest BCUT2D eigenvalue weighted by Gasteiger charge is -2.40. The number of nitrogens with zero attached hydrogens (tertiary/aromatic N) is 2. The van der Waals surface area contributed by atoms with Crippen LogP contribution in [0.3, 0.4) is 0 Å². The average Bonchev–Trinajstić information content (AvgIpc) is 2.47. The Balaban J connectivity index is 2.33. The predicted molar refractivity (Wildman–Crippen MR) is 82.2 cm³/mol. The summed E-state index contributed by atoms with van der Waals surface area (Å²) < 4.78 is 26.5. The highest BCUT2D eigenvalue weighted by molar-refractivity contribution is 7.89. The van der Waals surface area contributed by atoms with Crippen LogP contribution in [0.25, 0.3) is 0 Å². The van der Waals surface area contributed by atoms with Gasteiger partial charge in [0.2, 0.25) is 15.9 Å². The van der Waals surface area contributed by atoms with E-state index in [0.29, 0.717) is 26.1 Å². The van der Waals surface area contributed by atoms with E-state index < -0.39 is 10.0 Å². The van der Waals surface area contributed by atoms with Crippen molar-refractivity contribution in [3.63, 3.8) is 0 Å². The number of amides is 1. The number of carbonyl (C=O) groups is 1. The zero-order valence-corrected chi connectivity index (χ0v) is 13.3. The maximum Gasteiger partial charge on any atom is 0.219 e. The molecule has 1 amide bonds. The third kappa shape index (κ3) is 3.63. The highest BCUT2D eigenvalue weighted by Gasteiger charge is 2.36. The molecule has 1 atom stereocenters. The minimum absolute atomic E-state index is 0.0107. The van der Waals surface area contributed by atoms with Crippen molar-refractivity contribution in [3.05, 3.63) is 35.9 Å². The third-order valence-electron chi connectivity index (χ3n) is 3.78. The molecule has 0 N–H and O–H groups in total. The molecule has 1 saturated heterocycles. The zero-order valence-electron chi connectivity index (χ0n) is 12.5. The van der Waals surface area contributed by atoms with Crippen LogP contribution in [0.15, 0.2) is 30.3 Å². The molecule has 1 heterocycles. The van der Waals surface area contributed by atoms with Gasteiger partial charge in [-0.2, -0.15) is 4.31 Å². The molecular weight excluding hydrogens is 288 g/mol. The van der Waals surface area contributed by atoms with Crippen molar-refractivity contribution < 1.29 is 13.2 Å². The van der Waals surface area contributed by atoms with Crippen LogP contribution in [0, 0.1) is 0 Å². The van der Waals surface area contributed by atoms with Crippen LogP contribution in [-0.4, -0.2) is 48.9 Å². The first-order valence-corrected chi connectivity index (χ1v) is 8.86. The maximum absolute atomic E-state index is 12.5. The van der Waals surface area contributed by atoms with Crippen LogP contribution in [-0.2, 0) is 14.8 Å². The molecule has 21 heavy (non-hydrogen) atoms. The quantitative estimate of drug-likeness (QED) is 0.849. The number of piperazine rings is 1. The minimum Gasteiger partial charge on any atom is -0.340 e.